The van der Waals surface area contributed by atoms with Crippen LogP contribution in [0.15, 0.2) is 0 Å². The maximum atomic E-state index is 11.6. The fourth-order valence-corrected chi connectivity index (χ4v) is 2.08. The van der Waals surface area contributed by atoms with Gasteiger partial charge in [0.25, 0.3) is 0 Å². The molecule has 1 fully saturated rings. The summed E-state index contributed by atoms with van der Waals surface area (Å²) in [5.41, 5.74) is 0. The van der Waals surface area contributed by atoms with Crippen molar-refractivity contribution in [2.45, 2.75) is 70.6 Å². The van der Waals surface area contributed by atoms with Crippen LogP contribution in [-0.2, 0) is 23.8 Å². The van der Waals surface area contributed by atoms with Crippen LogP contribution in [0.4, 0.5) is 0 Å². The lowest BCUT2D eigenvalue weighted by Gasteiger charge is -2.36. The molecule has 1 rings (SSSR count). The van der Waals surface area contributed by atoms with Crippen LogP contribution < -0.4 is 0 Å². The predicted molar refractivity (Wildman–Crippen MR) is 72.2 cm³/mol. The van der Waals surface area contributed by atoms with Gasteiger partial charge in [-0.2, -0.15) is 0 Å². The summed E-state index contributed by atoms with van der Waals surface area (Å²) in [6.45, 7) is 3.51. The van der Waals surface area contributed by atoms with Gasteiger partial charge in [-0.1, -0.05) is 13.8 Å². The molecule has 7 heteroatoms. The van der Waals surface area contributed by atoms with E-state index < -0.39 is 36.5 Å². The minimum atomic E-state index is -1.17. The average Bonchev–Trinajstić information content (AvgIpc) is 2.40. The van der Waals surface area contributed by atoms with Gasteiger partial charge < -0.3 is 24.4 Å². The van der Waals surface area contributed by atoms with Crippen molar-refractivity contribution in [1.29, 1.82) is 0 Å². The summed E-state index contributed by atoms with van der Waals surface area (Å²) < 4.78 is 15.4. The molecule has 4 unspecified atom stereocenters. The summed E-state index contributed by atoms with van der Waals surface area (Å²) in [4.78, 5) is 22.9. The van der Waals surface area contributed by atoms with Gasteiger partial charge in [0.1, 0.15) is 12.7 Å². The molecule has 4 atom stereocenters. The Morgan fingerprint density at radius 3 is 2.38 bits per heavy atom. The van der Waals surface area contributed by atoms with E-state index in [1.54, 1.807) is 0 Å². The summed E-state index contributed by atoms with van der Waals surface area (Å²) in [6.07, 6.45) is -2.30. The SMILES string of the molecule is CCCC(=O)OCC1OC(O)CC(O)C1OC(=O)CCC. The first-order chi connectivity index (χ1) is 9.97. The van der Waals surface area contributed by atoms with Crippen LogP contribution in [-0.4, -0.2) is 53.4 Å². The van der Waals surface area contributed by atoms with Crippen LogP contribution >= 0.6 is 0 Å². The Bertz CT molecular complexity index is 344. The van der Waals surface area contributed by atoms with Crippen LogP contribution in [0.25, 0.3) is 0 Å². The molecule has 1 heterocycles. The van der Waals surface area contributed by atoms with Gasteiger partial charge in [-0.3, -0.25) is 9.59 Å². The van der Waals surface area contributed by atoms with E-state index in [0.29, 0.717) is 12.8 Å². The van der Waals surface area contributed by atoms with Crippen LogP contribution in [0, 0.1) is 0 Å². The number of hydrogen-bond acceptors (Lipinski definition) is 7. The van der Waals surface area contributed by atoms with Crippen molar-refractivity contribution in [3.05, 3.63) is 0 Å². The maximum Gasteiger partial charge on any atom is 0.306 e. The smallest absolute Gasteiger partial charge is 0.306 e. The number of aliphatic hydroxyl groups is 2. The molecule has 122 valence electrons. The van der Waals surface area contributed by atoms with Crippen molar-refractivity contribution < 1.29 is 34.0 Å². The second-order valence-corrected chi connectivity index (χ2v) is 5.07. The van der Waals surface area contributed by atoms with E-state index >= 15 is 0 Å². The summed E-state index contributed by atoms with van der Waals surface area (Å²) >= 11 is 0. The molecule has 0 spiro atoms. The quantitative estimate of drug-likeness (QED) is 0.661. The van der Waals surface area contributed by atoms with E-state index in [4.69, 9.17) is 14.2 Å². The first kappa shape index (κ1) is 17.9. The van der Waals surface area contributed by atoms with Gasteiger partial charge >= 0.3 is 11.9 Å². The molecular formula is C14H24O7. The van der Waals surface area contributed by atoms with Crippen LogP contribution in [0.3, 0.4) is 0 Å². The topological polar surface area (TPSA) is 102 Å². The first-order valence-electron chi connectivity index (χ1n) is 7.34. The standard InChI is InChI=1S/C14H24O7/c1-3-5-11(16)19-8-10-14(21-12(17)6-4-2)9(15)7-13(18)20-10/h9-10,13-15,18H,3-8H2,1-2H3. The van der Waals surface area contributed by atoms with Gasteiger partial charge in [0.05, 0.1) is 6.10 Å². The van der Waals surface area contributed by atoms with Crippen molar-refractivity contribution in [1.82, 2.24) is 0 Å². The van der Waals surface area contributed by atoms with Crippen molar-refractivity contribution in [2.75, 3.05) is 6.61 Å². The zero-order chi connectivity index (χ0) is 15.8. The number of esters is 2. The van der Waals surface area contributed by atoms with Crippen LogP contribution in [0.5, 0.6) is 0 Å². The third kappa shape index (κ3) is 5.99. The third-order valence-electron chi connectivity index (χ3n) is 3.11. The Morgan fingerprint density at radius 1 is 1.14 bits per heavy atom. The number of hydrogen-bond donors (Lipinski definition) is 2. The number of rotatable bonds is 7. The zero-order valence-electron chi connectivity index (χ0n) is 12.5. The highest BCUT2D eigenvalue weighted by atomic mass is 16.7. The first-order valence-corrected chi connectivity index (χ1v) is 7.34. The van der Waals surface area contributed by atoms with Gasteiger partial charge in [0.15, 0.2) is 12.4 Å². The van der Waals surface area contributed by atoms with Crippen molar-refractivity contribution in [3.63, 3.8) is 0 Å². The Balaban J connectivity index is 2.60. The van der Waals surface area contributed by atoms with E-state index in [9.17, 15) is 19.8 Å². The van der Waals surface area contributed by atoms with Gasteiger partial charge in [-0.05, 0) is 12.8 Å². The molecule has 21 heavy (non-hydrogen) atoms. The minimum Gasteiger partial charge on any atom is -0.463 e. The molecular weight excluding hydrogens is 280 g/mol. The molecule has 0 radical (unpaired) electrons. The van der Waals surface area contributed by atoms with E-state index in [2.05, 4.69) is 0 Å². The minimum absolute atomic E-state index is 0.0521. The number of carbonyl (C=O) groups excluding carboxylic acids is 2. The summed E-state index contributed by atoms with van der Waals surface area (Å²) in [7, 11) is 0. The Labute approximate surface area is 124 Å². The molecule has 1 aliphatic heterocycles. The lowest BCUT2D eigenvalue weighted by Crippen LogP contribution is -2.52. The molecule has 1 aliphatic rings. The number of aliphatic hydroxyl groups excluding tert-OH is 2. The fraction of sp³-hybridized carbons (Fsp3) is 0.857. The monoisotopic (exact) mass is 304 g/mol. The molecule has 0 saturated carbocycles. The van der Waals surface area contributed by atoms with E-state index in [0.717, 1.165) is 0 Å². The number of carbonyl (C=O) groups is 2. The second kappa shape index (κ2) is 8.96. The van der Waals surface area contributed by atoms with Gasteiger partial charge in [-0.25, -0.2) is 0 Å². The van der Waals surface area contributed by atoms with Crippen LogP contribution in [0.2, 0.25) is 0 Å². The largest absolute Gasteiger partial charge is 0.463 e. The summed E-state index contributed by atoms with van der Waals surface area (Å²) in [5.74, 6) is -0.847. The highest BCUT2D eigenvalue weighted by molar-refractivity contribution is 5.70. The Morgan fingerprint density at radius 2 is 1.76 bits per heavy atom. The lowest BCUT2D eigenvalue weighted by molar-refractivity contribution is -0.249. The Hall–Kier alpha value is -1.18. The fourth-order valence-electron chi connectivity index (χ4n) is 2.08. The van der Waals surface area contributed by atoms with Crippen molar-refractivity contribution in [2.24, 2.45) is 0 Å². The summed E-state index contributed by atoms with van der Waals surface area (Å²) in [6, 6.07) is 0. The lowest BCUT2D eigenvalue weighted by atomic mass is 10.0. The highest BCUT2D eigenvalue weighted by Gasteiger charge is 2.40. The average molecular weight is 304 g/mol. The molecule has 0 aromatic carbocycles. The highest BCUT2D eigenvalue weighted by Crippen LogP contribution is 2.23. The zero-order valence-corrected chi connectivity index (χ0v) is 12.5. The van der Waals surface area contributed by atoms with Gasteiger partial charge in [0.2, 0.25) is 0 Å². The van der Waals surface area contributed by atoms with Crippen molar-refractivity contribution >= 4 is 11.9 Å². The molecule has 1 saturated heterocycles. The second-order valence-electron chi connectivity index (χ2n) is 5.07. The molecule has 0 aliphatic carbocycles. The van der Waals surface area contributed by atoms with E-state index in [-0.39, 0.29) is 25.9 Å². The molecule has 0 amide bonds. The molecule has 0 bridgehead atoms. The predicted octanol–water partition coefficient (Wildman–Crippen LogP) is 0.510. The van der Waals surface area contributed by atoms with Gasteiger partial charge in [0, 0.05) is 19.3 Å². The molecule has 0 aromatic rings. The van der Waals surface area contributed by atoms with E-state index in [1.165, 1.54) is 0 Å². The molecule has 7 nitrogen and oxygen atoms in total. The molecule has 0 aromatic heterocycles. The van der Waals surface area contributed by atoms with Crippen molar-refractivity contribution in [3.8, 4) is 0 Å². The normalized spacial score (nSPS) is 29.0. The van der Waals surface area contributed by atoms with Crippen LogP contribution in [0.1, 0.15) is 46.0 Å². The third-order valence-corrected chi connectivity index (χ3v) is 3.11. The van der Waals surface area contributed by atoms with Gasteiger partial charge in [-0.15, -0.1) is 0 Å². The summed E-state index contributed by atoms with van der Waals surface area (Å²) in [5, 5.41) is 19.4. The molecule has 2 N–H and O–H groups in total. The van der Waals surface area contributed by atoms with E-state index in [1.807, 2.05) is 13.8 Å². The Kier molecular flexibility index (Phi) is 7.63. The maximum absolute atomic E-state index is 11.6. The number of ether oxygens (including phenoxy) is 3.